The number of terminal acetylenes is 1. The van der Waals surface area contributed by atoms with E-state index in [9.17, 15) is 0 Å². The van der Waals surface area contributed by atoms with E-state index in [0.29, 0.717) is 6.04 Å². The molecule has 0 aromatic carbocycles. The second-order valence-corrected chi connectivity index (χ2v) is 5.34. The summed E-state index contributed by atoms with van der Waals surface area (Å²) < 4.78 is 0. The van der Waals surface area contributed by atoms with Gasteiger partial charge in [-0.2, -0.15) is 0 Å². The molecule has 82 valence electrons. The van der Waals surface area contributed by atoms with Gasteiger partial charge >= 0.3 is 0 Å². The SMILES string of the molecule is C#CC(CC)NC(C)c1cc(C)sc1C. The fourth-order valence-corrected chi connectivity index (χ4v) is 2.78. The Kier molecular flexibility index (Phi) is 4.38. The van der Waals surface area contributed by atoms with Gasteiger partial charge in [0.15, 0.2) is 0 Å². The van der Waals surface area contributed by atoms with Gasteiger partial charge in [-0.25, -0.2) is 0 Å². The molecular weight excluding hydrogens is 202 g/mol. The van der Waals surface area contributed by atoms with Crippen LogP contribution in [0.1, 0.15) is 41.6 Å². The Morgan fingerprint density at radius 3 is 2.60 bits per heavy atom. The standard InChI is InChI=1S/C13H19NS/c1-6-12(7-2)14-10(4)13-8-9(3)15-11(13)5/h1,8,10,12,14H,7H2,2-5H3. The van der Waals surface area contributed by atoms with E-state index in [0.717, 1.165) is 6.42 Å². The fourth-order valence-electron chi connectivity index (χ4n) is 1.76. The lowest BCUT2D eigenvalue weighted by atomic mass is 10.1. The smallest absolute Gasteiger partial charge is 0.0688 e. The summed E-state index contributed by atoms with van der Waals surface area (Å²) in [5.41, 5.74) is 1.38. The highest BCUT2D eigenvalue weighted by Gasteiger charge is 2.13. The van der Waals surface area contributed by atoms with E-state index in [2.05, 4.69) is 45.0 Å². The van der Waals surface area contributed by atoms with Crippen LogP contribution < -0.4 is 5.32 Å². The maximum absolute atomic E-state index is 5.44. The van der Waals surface area contributed by atoms with E-state index in [4.69, 9.17) is 6.42 Å². The van der Waals surface area contributed by atoms with Crippen LogP contribution >= 0.6 is 11.3 Å². The van der Waals surface area contributed by atoms with Crippen LogP contribution in [-0.4, -0.2) is 6.04 Å². The van der Waals surface area contributed by atoms with E-state index in [-0.39, 0.29) is 6.04 Å². The molecule has 1 nitrogen and oxygen atoms in total. The summed E-state index contributed by atoms with van der Waals surface area (Å²) >= 11 is 1.85. The van der Waals surface area contributed by atoms with E-state index in [1.54, 1.807) is 0 Å². The minimum atomic E-state index is 0.180. The highest BCUT2D eigenvalue weighted by atomic mass is 32.1. The predicted molar refractivity (Wildman–Crippen MR) is 68.3 cm³/mol. The Morgan fingerprint density at radius 2 is 2.20 bits per heavy atom. The topological polar surface area (TPSA) is 12.0 Å². The molecule has 0 amide bonds. The van der Waals surface area contributed by atoms with Crippen LogP contribution in [-0.2, 0) is 0 Å². The molecule has 0 aliphatic rings. The van der Waals surface area contributed by atoms with Crippen LogP contribution in [0, 0.1) is 26.2 Å². The molecule has 0 saturated carbocycles. The molecule has 1 aromatic rings. The van der Waals surface area contributed by atoms with Crippen LogP contribution in [0.3, 0.4) is 0 Å². The minimum Gasteiger partial charge on any atom is -0.297 e. The van der Waals surface area contributed by atoms with Crippen molar-refractivity contribution in [2.75, 3.05) is 0 Å². The number of hydrogen-bond acceptors (Lipinski definition) is 2. The zero-order valence-electron chi connectivity index (χ0n) is 9.92. The van der Waals surface area contributed by atoms with E-state index >= 15 is 0 Å². The second kappa shape index (κ2) is 5.34. The molecule has 2 atom stereocenters. The average Bonchev–Trinajstić information content (AvgIpc) is 2.54. The second-order valence-electron chi connectivity index (χ2n) is 3.88. The molecule has 0 fully saturated rings. The van der Waals surface area contributed by atoms with Gasteiger partial charge < -0.3 is 0 Å². The minimum absolute atomic E-state index is 0.180. The number of thiophene rings is 1. The van der Waals surface area contributed by atoms with Crippen LogP contribution in [0.25, 0.3) is 0 Å². The van der Waals surface area contributed by atoms with Gasteiger partial charge in [-0.15, -0.1) is 17.8 Å². The molecule has 15 heavy (non-hydrogen) atoms. The molecule has 1 rings (SSSR count). The maximum atomic E-state index is 5.44. The quantitative estimate of drug-likeness (QED) is 0.768. The lowest BCUT2D eigenvalue weighted by Crippen LogP contribution is -2.29. The number of nitrogens with one attached hydrogen (secondary N) is 1. The Labute approximate surface area is 96.9 Å². The van der Waals surface area contributed by atoms with Crippen LogP contribution in [0.4, 0.5) is 0 Å². The Bertz CT molecular complexity index is 359. The van der Waals surface area contributed by atoms with Gasteiger partial charge in [-0.1, -0.05) is 12.8 Å². The predicted octanol–water partition coefficient (Wildman–Crippen LogP) is 3.43. The third-order valence-electron chi connectivity index (χ3n) is 2.61. The largest absolute Gasteiger partial charge is 0.297 e. The van der Waals surface area contributed by atoms with Crippen molar-refractivity contribution < 1.29 is 0 Å². The summed E-state index contributed by atoms with van der Waals surface area (Å²) in [6.45, 7) is 8.60. The first-order chi connectivity index (χ1) is 7.08. The van der Waals surface area contributed by atoms with Gasteiger partial charge in [-0.3, -0.25) is 5.32 Å². The first-order valence-corrected chi connectivity index (χ1v) is 6.19. The molecular formula is C13H19NS. The van der Waals surface area contributed by atoms with Gasteiger partial charge in [0.2, 0.25) is 0 Å². The molecule has 1 heterocycles. The molecule has 0 saturated heterocycles. The molecule has 1 N–H and O–H groups in total. The van der Waals surface area contributed by atoms with E-state index in [1.165, 1.54) is 15.3 Å². The van der Waals surface area contributed by atoms with Crippen LogP contribution in [0.2, 0.25) is 0 Å². The van der Waals surface area contributed by atoms with Gasteiger partial charge in [0.25, 0.3) is 0 Å². The number of hydrogen-bond donors (Lipinski definition) is 1. The van der Waals surface area contributed by atoms with Gasteiger partial charge in [0.05, 0.1) is 6.04 Å². The molecule has 2 heteroatoms. The average molecular weight is 221 g/mol. The highest BCUT2D eigenvalue weighted by molar-refractivity contribution is 7.12. The van der Waals surface area contributed by atoms with Crippen molar-refractivity contribution in [1.29, 1.82) is 0 Å². The monoisotopic (exact) mass is 221 g/mol. The zero-order chi connectivity index (χ0) is 11.4. The van der Waals surface area contributed by atoms with E-state index < -0.39 is 0 Å². The normalized spacial score (nSPS) is 14.6. The number of rotatable bonds is 4. The molecule has 0 radical (unpaired) electrons. The lowest BCUT2D eigenvalue weighted by Gasteiger charge is -2.18. The third-order valence-corrected chi connectivity index (χ3v) is 3.59. The molecule has 1 aromatic heterocycles. The molecule has 0 aliphatic carbocycles. The molecule has 0 aliphatic heterocycles. The van der Waals surface area contributed by atoms with Crippen molar-refractivity contribution >= 4 is 11.3 Å². The summed E-state index contributed by atoms with van der Waals surface area (Å²) in [5, 5.41) is 3.46. The summed E-state index contributed by atoms with van der Waals surface area (Å²) in [6, 6.07) is 2.77. The summed E-state index contributed by atoms with van der Waals surface area (Å²) in [5.74, 6) is 2.77. The van der Waals surface area contributed by atoms with Crippen molar-refractivity contribution in [3.63, 3.8) is 0 Å². The number of aryl methyl sites for hydroxylation is 2. The van der Waals surface area contributed by atoms with Crippen molar-refractivity contribution in [2.24, 2.45) is 0 Å². The zero-order valence-corrected chi connectivity index (χ0v) is 10.7. The maximum Gasteiger partial charge on any atom is 0.0688 e. The van der Waals surface area contributed by atoms with Gasteiger partial charge in [0.1, 0.15) is 0 Å². The first-order valence-electron chi connectivity index (χ1n) is 5.37. The Balaban J connectivity index is 2.73. The van der Waals surface area contributed by atoms with Gasteiger partial charge in [-0.05, 0) is 38.8 Å². The first kappa shape index (κ1) is 12.3. The third kappa shape index (κ3) is 3.09. The summed E-state index contributed by atoms with van der Waals surface area (Å²) in [7, 11) is 0. The summed E-state index contributed by atoms with van der Waals surface area (Å²) in [6.07, 6.45) is 6.42. The summed E-state index contributed by atoms with van der Waals surface area (Å²) in [4.78, 5) is 2.75. The van der Waals surface area contributed by atoms with Crippen molar-refractivity contribution in [3.05, 3.63) is 21.4 Å². The van der Waals surface area contributed by atoms with Crippen LogP contribution in [0.5, 0.6) is 0 Å². The fraction of sp³-hybridized carbons (Fsp3) is 0.538. The molecule has 2 unspecified atom stereocenters. The Hall–Kier alpha value is -0.780. The van der Waals surface area contributed by atoms with Crippen molar-refractivity contribution in [2.45, 2.75) is 46.2 Å². The van der Waals surface area contributed by atoms with Gasteiger partial charge in [0, 0.05) is 15.8 Å². The van der Waals surface area contributed by atoms with Crippen molar-refractivity contribution in [1.82, 2.24) is 5.32 Å². The molecule has 0 bridgehead atoms. The van der Waals surface area contributed by atoms with Crippen molar-refractivity contribution in [3.8, 4) is 12.3 Å². The highest BCUT2D eigenvalue weighted by Crippen LogP contribution is 2.26. The van der Waals surface area contributed by atoms with E-state index in [1.807, 2.05) is 11.3 Å². The lowest BCUT2D eigenvalue weighted by molar-refractivity contribution is 0.512. The Morgan fingerprint density at radius 1 is 1.53 bits per heavy atom. The van der Waals surface area contributed by atoms with Crippen LogP contribution in [0.15, 0.2) is 6.07 Å². The molecule has 0 spiro atoms.